The van der Waals surface area contributed by atoms with Crippen LogP contribution in [0.5, 0.6) is 0 Å². The number of amides is 1. The van der Waals surface area contributed by atoms with Gasteiger partial charge in [0.1, 0.15) is 0 Å². The number of aliphatic carboxylic acids is 1. The average molecular weight is 312 g/mol. The zero-order valence-corrected chi connectivity index (χ0v) is 12.6. The predicted molar refractivity (Wildman–Crippen MR) is 79.5 cm³/mol. The van der Waals surface area contributed by atoms with Crippen LogP contribution in [-0.2, 0) is 19.6 Å². The van der Waals surface area contributed by atoms with Crippen molar-refractivity contribution in [3.63, 3.8) is 0 Å². The SMILES string of the molecule is CC(C(=O)O)=C(C)C(=O)Nc1ccccc1NS(C)(=O)=O. The second-order valence-corrected chi connectivity index (χ2v) is 6.18. The first-order valence-corrected chi connectivity index (χ1v) is 7.80. The number of anilines is 2. The monoisotopic (exact) mass is 312 g/mol. The van der Waals surface area contributed by atoms with Gasteiger partial charge in [-0.1, -0.05) is 12.1 Å². The summed E-state index contributed by atoms with van der Waals surface area (Å²) in [5.74, 6) is -1.80. The molecule has 0 radical (unpaired) electrons. The van der Waals surface area contributed by atoms with Crippen LogP contribution in [0.3, 0.4) is 0 Å². The van der Waals surface area contributed by atoms with E-state index in [2.05, 4.69) is 10.0 Å². The molecule has 7 nitrogen and oxygen atoms in total. The topological polar surface area (TPSA) is 113 Å². The smallest absolute Gasteiger partial charge is 0.331 e. The molecule has 0 atom stereocenters. The molecule has 0 bridgehead atoms. The number of carboxylic acids is 1. The summed E-state index contributed by atoms with van der Waals surface area (Å²) in [6, 6.07) is 6.22. The highest BCUT2D eigenvalue weighted by molar-refractivity contribution is 7.92. The number of nitrogens with one attached hydrogen (secondary N) is 2. The molecule has 0 unspecified atom stereocenters. The summed E-state index contributed by atoms with van der Waals surface area (Å²) < 4.78 is 24.8. The quantitative estimate of drug-likeness (QED) is 0.712. The highest BCUT2D eigenvalue weighted by Crippen LogP contribution is 2.22. The Morgan fingerprint density at radius 3 is 2.05 bits per heavy atom. The van der Waals surface area contributed by atoms with Crippen molar-refractivity contribution in [2.75, 3.05) is 16.3 Å². The lowest BCUT2D eigenvalue weighted by Crippen LogP contribution is -2.18. The highest BCUT2D eigenvalue weighted by Gasteiger charge is 2.15. The largest absolute Gasteiger partial charge is 0.478 e. The number of sulfonamides is 1. The molecule has 0 spiro atoms. The number of carboxylic acid groups (broad SMARTS) is 1. The number of rotatable bonds is 5. The van der Waals surface area contributed by atoms with Crippen LogP contribution in [0, 0.1) is 0 Å². The molecule has 0 aliphatic rings. The van der Waals surface area contributed by atoms with E-state index < -0.39 is 21.9 Å². The van der Waals surface area contributed by atoms with Crippen molar-refractivity contribution < 1.29 is 23.1 Å². The van der Waals surface area contributed by atoms with Crippen molar-refractivity contribution in [3.8, 4) is 0 Å². The van der Waals surface area contributed by atoms with Crippen LogP contribution in [0.15, 0.2) is 35.4 Å². The lowest BCUT2D eigenvalue weighted by atomic mass is 10.1. The molecule has 114 valence electrons. The molecule has 3 N–H and O–H groups in total. The third kappa shape index (κ3) is 4.92. The summed E-state index contributed by atoms with van der Waals surface area (Å²) in [4.78, 5) is 22.8. The van der Waals surface area contributed by atoms with Gasteiger partial charge >= 0.3 is 5.97 Å². The van der Waals surface area contributed by atoms with E-state index in [1.54, 1.807) is 12.1 Å². The van der Waals surface area contributed by atoms with E-state index in [9.17, 15) is 18.0 Å². The van der Waals surface area contributed by atoms with E-state index in [-0.39, 0.29) is 22.5 Å². The lowest BCUT2D eigenvalue weighted by molar-refractivity contribution is -0.133. The van der Waals surface area contributed by atoms with Crippen LogP contribution in [0.25, 0.3) is 0 Å². The zero-order chi connectivity index (χ0) is 16.2. The van der Waals surface area contributed by atoms with E-state index in [0.29, 0.717) is 0 Å². The van der Waals surface area contributed by atoms with Crippen molar-refractivity contribution in [1.29, 1.82) is 0 Å². The first-order chi connectivity index (χ1) is 9.61. The Morgan fingerprint density at radius 2 is 1.57 bits per heavy atom. The number of hydrogen-bond donors (Lipinski definition) is 3. The summed E-state index contributed by atoms with van der Waals surface area (Å²) in [6.07, 6.45) is 0.991. The van der Waals surface area contributed by atoms with Gasteiger partial charge in [0.25, 0.3) is 5.91 Å². The Balaban J connectivity index is 3.07. The Hall–Kier alpha value is -2.35. The van der Waals surface area contributed by atoms with Crippen molar-refractivity contribution in [2.24, 2.45) is 0 Å². The number of carbonyl (C=O) groups is 2. The Labute approximate surface area is 122 Å². The molecule has 1 rings (SSSR count). The minimum Gasteiger partial charge on any atom is -0.478 e. The van der Waals surface area contributed by atoms with Crippen LogP contribution >= 0.6 is 0 Å². The van der Waals surface area contributed by atoms with E-state index in [1.165, 1.54) is 26.0 Å². The fraction of sp³-hybridized carbons (Fsp3) is 0.231. The molecule has 1 aromatic rings. The van der Waals surface area contributed by atoms with Crippen molar-refractivity contribution in [2.45, 2.75) is 13.8 Å². The first-order valence-electron chi connectivity index (χ1n) is 5.90. The molecule has 0 saturated heterocycles. The van der Waals surface area contributed by atoms with Gasteiger partial charge in [-0.25, -0.2) is 13.2 Å². The van der Waals surface area contributed by atoms with Crippen LogP contribution in [0.1, 0.15) is 13.8 Å². The molecule has 0 heterocycles. The molecular formula is C13H16N2O5S. The molecule has 0 aromatic heterocycles. The summed E-state index contributed by atoms with van der Waals surface area (Å²) >= 11 is 0. The van der Waals surface area contributed by atoms with Gasteiger partial charge in [-0.15, -0.1) is 0 Å². The van der Waals surface area contributed by atoms with Gasteiger partial charge in [0, 0.05) is 11.1 Å². The van der Waals surface area contributed by atoms with Gasteiger partial charge in [0.2, 0.25) is 10.0 Å². The lowest BCUT2D eigenvalue weighted by Gasteiger charge is -2.12. The minimum absolute atomic E-state index is 0.0386. The van der Waals surface area contributed by atoms with Gasteiger partial charge < -0.3 is 10.4 Å². The third-order valence-corrected chi connectivity index (χ3v) is 3.29. The number of benzene rings is 1. The molecule has 0 fully saturated rings. The standard InChI is InChI=1S/C13H16N2O5S/c1-8(9(2)13(17)18)12(16)14-10-6-4-5-7-11(10)15-21(3,19)20/h4-7,15H,1-3H3,(H,14,16)(H,17,18). The second-order valence-electron chi connectivity index (χ2n) is 4.43. The molecule has 1 amide bonds. The van der Waals surface area contributed by atoms with Gasteiger partial charge in [0.15, 0.2) is 0 Å². The Morgan fingerprint density at radius 1 is 1.05 bits per heavy atom. The van der Waals surface area contributed by atoms with Gasteiger partial charge in [-0.2, -0.15) is 0 Å². The van der Waals surface area contributed by atoms with Gasteiger partial charge in [-0.3, -0.25) is 9.52 Å². The van der Waals surface area contributed by atoms with Crippen LogP contribution < -0.4 is 10.0 Å². The summed E-state index contributed by atoms with van der Waals surface area (Å²) in [5.41, 5.74) is 0.400. The Bertz CT molecular complexity index is 707. The van der Waals surface area contributed by atoms with Crippen LogP contribution in [0.2, 0.25) is 0 Å². The van der Waals surface area contributed by atoms with Gasteiger partial charge in [-0.05, 0) is 26.0 Å². The van der Waals surface area contributed by atoms with Crippen molar-refractivity contribution in [3.05, 3.63) is 35.4 Å². The average Bonchev–Trinajstić information content (AvgIpc) is 2.37. The number of hydrogen-bond acceptors (Lipinski definition) is 4. The molecule has 8 heteroatoms. The molecule has 0 saturated carbocycles. The zero-order valence-electron chi connectivity index (χ0n) is 11.8. The molecule has 21 heavy (non-hydrogen) atoms. The summed E-state index contributed by atoms with van der Waals surface area (Å²) in [6.45, 7) is 2.70. The second kappa shape index (κ2) is 6.40. The number of para-hydroxylation sites is 2. The minimum atomic E-state index is -3.49. The van der Waals surface area contributed by atoms with Crippen LogP contribution in [-0.4, -0.2) is 31.7 Å². The van der Waals surface area contributed by atoms with E-state index in [0.717, 1.165) is 6.26 Å². The molecule has 0 aliphatic heterocycles. The van der Waals surface area contributed by atoms with Crippen molar-refractivity contribution in [1.82, 2.24) is 0 Å². The molecular weight excluding hydrogens is 296 g/mol. The van der Waals surface area contributed by atoms with E-state index >= 15 is 0 Å². The molecule has 1 aromatic carbocycles. The van der Waals surface area contributed by atoms with Crippen LogP contribution in [0.4, 0.5) is 11.4 Å². The van der Waals surface area contributed by atoms with E-state index in [1.807, 2.05) is 0 Å². The fourth-order valence-electron chi connectivity index (χ4n) is 1.43. The maximum absolute atomic E-state index is 12.0. The summed E-state index contributed by atoms with van der Waals surface area (Å²) in [7, 11) is -3.49. The van der Waals surface area contributed by atoms with E-state index in [4.69, 9.17) is 5.11 Å². The maximum atomic E-state index is 12.0. The highest BCUT2D eigenvalue weighted by atomic mass is 32.2. The third-order valence-electron chi connectivity index (χ3n) is 2.69. The summed E-state index contributed by atoms with van der Waals surface area (Å²) in [5, 5.41) is 11.3. The predicted octanol–water partition coefficient (Wildman–Crippen LogP) is 1.42. The Kier molecular flexibility index (Phi) is 5.09. The first kappa shape index (κ1) is 16.7. The molecule has 0 aliphatic carbocycles. The number of carbonyl (C=O) groups excluding carboxylic acids is 1. The normalized spacial score (nSPS) is 12.3. The van der Waals surface area contributed by atoms with Gasteiger partial charge in [0.05, 0.1) is 17.6 Å². The maximum Gasteiger partial charge on any atom is 0.331 e. The fourth-order valence-corrected chi connectivity index (χ4v) is 2.01. The van der Waals surface area contributed by atoms with Crippen molar-refractivity contribution >= 4 is 33.3 Å².